The van der Waals surface area contributed by atoms with Gasteiger partial charge in [0, 0.05) is 29.3 Å². The lowest BCUT2D eigenvalue weighted by Gasteiger charge is -2.13. The van der Waals surface area contributed by atoms with Crippen molar-refractivity contribution in [3.8, 4) is 22.4 Å². The number of anilines is 1. The van der Waals surface area contributed by atoms with Crippen LogP contribution < -0.4 is 5.32 Å². The summed E-state index contributed by atoms with van der Waals surface area (Å²) < 4.78 is 24.4. The molecule has 0 unspecified atom stereocenters. The Bertz CT molecular complexity index is 1410. The Hall–Kier alpha value is -3.77. The SMILES string of the molecule is CCCc1ccc(-c2cc(S(C)(=O)=O)ccc2C(=O)Nc2cccc(-c3ccccn3)c2)cc1. The van der Waals surface area contributed by atoms with Gasteiger partial charge in [0.15, 0.2) is 9.84 Å². The molecule has 172 valence electrons. The first-order chi connectivity index (χ1) is 16.3. The Balaban J connectivity index is 1.70. The van der Waals surface area contributed by atoms with Crippen LogP contribution >= 0.6 is 0 Å². The molecule has 0 atom stereocenters. The number of rotatable bonds is 7. The number of nitrogens with zero attached hydrogens (tertiary/aromatic N) is 1. The number of aryl methyl sites for hydroxylation is 1. The third-order valence-corrected chi connectivity index (χ3v) is 6.66. The molecule has 0 aliphatic rings. The molecule has 1 N–H and O–H groups in total. The topological polar surface area (TPSA) is 76.1 Å². The largest absolute Gasteiger partial charge is 0.322 e. The van der Waals surface area contributed by atoms with Crippen molar-refractivity contribution in [2.24, 2.45) is 0 Å². The first-order valence-electron chi connectivity index (χ1n) is 11.1. The van der Waals surface area contributed by atoms with Gasteiger partial charge in [0.2, 0.25) is 0 Å². The first-order valence-corrected chi connectivity index (χ1v) is 13.0. The molecule has 34 heavy (non-hydrogen) atoms. The number of hydrogen-bond acceptors (Lipinski definition) is 4. The normalized spacial score (nSPS) is 11.2. The van der Waals surface area contributed by atoms with Crippen LogP contribution in [0.5, 0.6) is 0 Å². The average molecular weight is 471 g/mol. The van der Waals surface area contributed by atoms with E-state index in [9.17, 15) is 13.2 Å². The molecule has 0 radical (unpaired) electrons. The monoisotopic (exact) mass is 470 g/mol. The van der Waals surface area contributed by atoms with E-state index in [1.54, 1.807) is 18.3 Å². The molecule has 4 rings (SSSR count). The molecule has 5 nitrogen and oxygen atoms in total. The fourth-order valence-corrected chi connectivity index (χ4v) is 4.47. The van der Waals surface area contributed by atoms with E-state index in [2.05, 4.69) is 17.2 Å². The maximum Gasteiger partial charge on any atom is 0.256 e. The van der Waals surface area contributed by atoms with Gasteiger partial charge in [0.1, 0.15) is 0 Å². The molecule has 1 heterocycles. The third kappa shape index (κ3) is 5.41. The van der Waals surface area contributed by atoms with Gasteiger partial charge in [-0.2, -0.15) is 0 Å². The summed E-state index contributed by atoms with van der Waals surface area (Å²) in [6.07, 6.45) is 4.89. The Morgan fingerprint density at radius 1 is 0.882 bits per heavy atom. The fourth-order valence-electron chi connectivity index (χ4n) is 3.82. The highest BCUT2D eigenvalue weighted by Crippen LogP contribution is 2.29. The van der Waals surface area contributed by atoms with Crippen LogP contribution in [0.25, 0.3) is 22.4 Å². The van der Waals surface area contributed by atoms with Crippen molar-refractivity contribution in [3.05, 3.63) is 102 Å². The summed E-state index contributed by atoms with van der Waals surface area (Å²) in [6, 6.07) is 25.7. The number of pyridine rings is 1. The summed E-state index contributed by atoms with van der Waals surface area (Å²) >= 11 is 0. The van der Waals surface area contributed by atoms with Crippen molar-refractivity contribution in [2.45, 2.75) is 24.7 Å². The van der Waals surface area contributed by atoms with Crippen molar-refractivity contribution in [1.29, 1.82) is 0 Å². The number of carbonyl (C=O) groups is 1. The molecule has 0 fully saturated rings. The van der Waals surface area contributed by atoms with Gasteiger partial charge in [-0.25, -0.2) is 8.42 Å². The first kappa shape index (κ1) is 23.4. The molecule has 0 saturated carbocycles. The van der Waals surface area contributed by atoms with Gasteiger partial charge in [-0.15, -0.1) is 0 Å². The summed E-state index contributed by atoms with van der Waals surface area (Å²) in [6.45, 7) is 2.12. The number of benzene rings is 3. The third-order valence-electron chi connectivity index (χ3n) is 5.55. The minimum Gasteiger partial charge on any atom is -0.322 e. The van der Waals surface area contributed by atoms with Gasteiger partial charge < -0.3 is 5.32 Å². The second-order valence-corrected chi connectivity index (χ2v) is 10.2. The summed E-state index contributed by atoms with van der Waals surface area (Å²) in [4.78, 5) is 17.8. The molecule has 4 aromatic rings. The van der Waals surface area contributed by atoms with Crippen LogP contribution in [0.3, 0.4) is 0 Å². The Morgan fingerprint density at radius 2 is 1.68 bits per heavy atom. The fraction of sp³-hybridized carbons (Fsp3) is 0.143. The van der Waals surface area contributed by atoms with Crippen LogP contribution in [0.4, 0.5) is 5.69 Å². The van der Waals surface area contributed by atoms with Crippen LogP contribution in [0.2, 0.25) is 0 Å². The van der Waals surface area contributed by atoms with Crippen LogP contribution in [0, 0.1) is 0 Å². The van der Waals surface area contributed by atoms with E-state index < -0.39 is 9.84 Å². The highest BCUT2D eigenvalue weighted by Gasteiger charge is 2.17. The molecule has 0 spiro atoms. The second-order valence-electron chi connectivity index (χ2n) is 8.18. The Kier molecular flexibility index (Phi) is 6.89. The second kappa shape index (κ2) is 10.0. The maximum absolute atomic E-state index is 13.3. The minimum atomic E-state index is -3.43. The molecule has 0 aliphatic carbocycles. The molecule has 6 heteroatoms. The van der Waals surface area contributed by atoms with E-state index in [0.29, 0.717) is 16.8 Å². The van der Waals surface area contributed by atoms with E-state index >= 15 is 0 Å². The van der Waals surface area contributed by atoms with Gasteiger partial charge in [-0.05, 0) is 65.6 Å². The number of sulfone groups is 1. The number of hydrogen-bond donors (Lipinski definition) is 1. The van der Waals surface area contributed by atoms with Crippen molar-refractivity contribution < 1.29 is 13.2 Å². The molecule has 1 amide bonds. The summed E-state index contributed by atoms with van der Waals surface area (Å²) in [5.41, 5.74) is 5.29. The smallest absolute Gasteiger partial charge is 0.256 e. The Labute approximate surface area is 200 Å². The lowest BCUT2D eigenvalue weighted by atomic mass is 9.97. The minimum absolute atomic E-state index is 0.175. The number of amides is 1. The zero-order chi connectivity index (χ0) is 24.1. The number of nitrogens with one attached hydrogen (secondary N) is 1. The molecule has 0 saturated heterocycles. The van der Waals surface area contributed by atoms with Crippen molar-refractivity contribution in [1.82, 2.24) is 4.98 Å². The van der Waals surface area contributed by atoms with E-state index in [4.69, 9.17) is 0 Å². The molecule has 1 aromatic heterocycles. The van der Waals surface area contributed by atoms with Crippen LogP contribution in [-0.4, -0.2) is 25.6 Å². The van der Waals surface area contributed by atoms with Crippen LogP contribution in [-0.2, 0) is 16.3 Å². The van der Waals surface area contributed by atoms with Crippen molar-refractivity contribution >= 4 is 21.4 Å². The molecule has 0 bridgehead atoms. The summed E-state index contributed by atoms with van der Waals surface area (Å²) in [5.74, 6) is -0.314. The molecule has 3 aromatic carbocycles. The quantitative estimate of drug-likeness (QED) is 0.358. The van der Waals surface area contributed by atoms with E-state index in [1.807, 2.05) is 66.7 Å². The Morgan fingerprint density at radius 3 is 2.35 bits per heavy atom. The van der Waals surface area contributed by atoms with Gasteiger partial charge in [-0.3, -0.25) is 9.78 Å². The lowest BCUT2D eigenvalue weighted by Crippen LogP contribution is -2.14. The zero-order valence-corrected chi connectivity index (χ0v) is 20.0. The predicted molar refractivity (Wildman–Crippen MR) is 137 cm³/mol. The maximum atomic E-state index is 13.3. The summed E-state index contributed by atoms with van der Waals surface area (Å²) in [5, 5.41) is 2.95. The van der Waals surface area contributed by atoms with Gasteiger partial charge in [0.05, 0.1) is 10.6 Å². The molecular weight excluding hydrogens is 444 g/mol. The highest BCUT2D eigenvalue weighted by molar-refractivity contribution is 7.90. The van der Waals surface area contributed by atoms with Crippen molar-refractivity contribution in [2.75, 3.05) is 11.6 Å². The lowest BCUT2D eigenvalue weighted by molar-refractivity contribution is 0.102. The molecular formula is C28H26N2O3S. The van der Waals surface area contributed by atoms with Crippen LogP contribution in [0.15, 0.2) is 96.0 Å². The highest BCUT2D eigenvalue weighted by atomic mass is 32.2. The average Bonchev–Trinajstić information content (AvgIpc) is 2.84. The van der Waals surface area contributed by atoms with Gasteiger partial charge >= 0.3 is 0 Å². The predicted octanol–water partition coefficient (Wildman–Crippen LogP) is 6.02. The molecule has 0 aliphatic heterocycles. The van der Waals surface area contributed by atoms with E-state index in [1.165, 1.54) is 17.9 Å². The number of carbonyl (C=O) groups excluding carboxylic acids is 1. The van der Waals surface area contributed by atoms with Gasteiger partial charge in [-0.1, -0.05) is 55.8 Å². The standard InChI is InChI=1S/C28H26N2O3S/c1-3-7-20-11-13-21(14-12-20)26-19-24(34(2,32)33)15-16-25(26)28(31)30-23-9-6-8-22(18-23)27-10-4-5-17-29-27/h4-6,8-19H,3,7H2,1-2H3,(H,30,31). The van der Waals surface area contributed by atoms with Gasteiger partial charge in [0.25, 0.3) is 5.91 Å². The number of aromatic nitrogens is 1. The van der Waals surface area contributed by atoms with E-state index in [0.717, 1.165) is 29.7 Å². The summed E-state index contributed by atoms with van der Waals surface area (Å²) in [7, 11) is -3.43. The van der Waals surface area contributed by atoms with Crippen molar-refractivity contribution in [3.63, 3.8) is 0 Å². The van der Waals surface area contributed by atoms with E-state index in [-0.39, 0.29) is 10.8 Å². The zero-order valence-electron chi connectivity index (χ0n) is 19.2. The van der Waals surface area contributed by atoms with Crippen LogP contribution in [0.1, 0.15) is 29.3 Å².